The van der Waals surface area contributed by atoms with Gasteiger partial charge >= 0.3 is 5.97 Å². The molecule has 1 heterocycles. The van der Waals surface area contributed by atoms with E-state index in [4.69, 9.17) is 4.74 Å². The Bertz CT molecular complexity index is 563. The van der Waals surface area contributed by atoms with Gasteiger partial charge in [-0.05, 0) is 57.5 Å². The SMILES string of the molecule is COc1c(F)cc(C(C)(C)F)cc1C(C(=O)O)N1CCCC1. The van der Waals surface area contributed by atoms with Gasteiger partial charge in [0.15, 0.2) is 11.6 Å². The molecular formula is C16H21F2NO3. The highest BCUT2D eigenvalue weighted by atomic mass is 19.1. The smallest absolute Gasteiger partial charge is 0.325 e. The number of hydrogen-bond donors (Lipinski definition) is 1. The van der Waals surface area contributed by atoms with Gasteiger partial charge in [0.2, 0.25) is 0 Å². The van der Waals surface area contributed by atoms with E-state index in [0.717, 1.165) is 18.9 Å². The lowest BCUT2D eigenvalue weighted by atomic mass is 9.94. The van der Waals surface area contributed by atoms with Gasteiger partial charge in [-0.1, -0.05) is 0 Å². The van der Waals surface area contributed by atoms with Gasteiger partial charge in [-0.3, -0.25) is 9.69 Å². The van der Waals surface area contributed by atoms with Crippen LogP contribution in [0.5, 0.6) is 5.75 Å². The van der Waals surface area contributed by atoms with E-state index >= 15 is 0 Å². The normalized spacial score (nSPS) is 17.5. The Kier molecular flexibility index (Phi) is 4.70. The Balaban J connectivity index is 2.58. The molecule has 122 valence electrons. The molecule has 2 rings (SSSR count). The van der Waals surface area contributed by atoms with Gasteiger partial charge < -0.3 is 9.84 Å². The first-order chi connectivity index (χ1) is 10.3. The largest absolute Gasteiger partial charge is 0.493 e. The van der Waals surface area contributed by atoms with Crippen LogP contribution in [0.1, 0.15) is 43.9 Å². The molecule has 0 aliphatic carbocycles. The van der Waals surface area contributed by atoms with E-state index in [-0.39, 0.29) is 16.9 Å². The number of carbonyl (C=O) groups is 1. The number of aliphatic carboxylic acids is 1. The van der Waals surface area contributed by atoms with Crippen molar-refractivity contribution in [2.24, 2.45) is 0 Å². The van der Waals surface area contributed by atoms with Crippen LogP contribution in [0.3, 0.4) is 0 Å². The molecule has 0 amide bonds. The maximum atomic E-state index is 14.2. The van der Waals surface area contributed by atoms with E-state index < -0.39 is 23.5 Å². The van der Waals surface area contributed by atoms with Crippen molar-refractivity contribution in [3.8, 4) is 5.75 Å². The number of methoxy groups -OCH3 is 1. The fourth-order valence-electron chi connectivity index (χ4n) is 2.86. The quantitative estimate of drug-likeness (QED) is 0.906. The van der Waals surface area contributed by atoms with Crippen molar-refractivity contribution >= 4 is 5.97 Å². The summed E-state index contributed by atoms with van der Waals surface area (Å²) in [5.74, 6) is -1.97. The molecule has 0 saturated carbocycles. The molecular weight excluding hydrogens is 292 g/mol. The molecule has 1 aromatic carbocycles. The van der Waals surface area contributed by atoms with Crippen LogP contribution in [0, 0.1) is 5.82 Å². The molecule has 1 fully saturated rings. The molecule has 0 radical (unpaired) electrons. The van der Waals surface area contributed by atoms with Crippen LogP contribution in [0.15, 0.2) is 12.1 Å². The Morgan fingerprint density at radius 1 is 1.36 bits per heavy atom. The number of likely N-dealkylation sites (tertiary alicyclic amines) is 1. The fourth-order valence-corrected chi connectivity index (χ4v) is 2.86. The summed E-state index contributed by atoms with van der Waals surface area (Å²) >= 11 is 0. The molecule has 0 spiro atoms. The monoisotopic (exact) mass is 313 g/mol. The molecule has 1 atom stereocenters. The molecule has 22 heavy (non-hydrogen) atoms. The van der Waals surface area contributed by atoms with Gasteiger partial charge in [0, 0.05) is 5.56 Å². The molecule has 4 nitrogen and oxygen atoms in total. The van der Waals surface area contributed by atoms with Gasteiger partial charge in [-0.15, -0.1) is 0 Å². The lowest BCUT2D eigenvalue weighted by Gasteiger charge is -2.27. The van der Waals surface area contributed by atoms with E-state index in [1.54, 1.807) is 4.90 Å². The highest BCUT2D eigenvalue weighted by Gasteiger charge is 2.34. The van der Waals surface area contributed by atoms with Crippen LogP contribution in [0.4, 0.5) is 8.78 Å². The third-order valence-electron chi connectivity index (χ3n) is 4.00. The second-order valence-electron chi connectivity index (χ2n) is 6.04. The number of halogens is 2. The molecule has 1 saturated heterocycles. The topological polar surface area (TPSA) is 49.8 Å². The summed E-state index contributed by atoms with van der Waals surface area (Å²) in [4.78, 5) is 13.5. The van der Waals surface area contributed by atoms with Gasteiger partial charge in [-0.2, -0.15) is 0 Å². The first-order valence-corrected chi connectivity index (χ1v) is 7.29. The van der Waals surface area contributed by atoms with Crippen LogP contribution in [0.2, 0.25) is 0 Å². The predicted octanol–water partition coefficient (Wildman–Crippen LogP) is 3.26. The average molecular weight is 313 g/mol. The van der Waals surface area contributed by atoms with Crippen molar-refractivity contribution < 1.29 is 23.4 Å². The first-order valence-electron chi connectivity index (χ1n) is 7.29. The second-order valence-corrected chi connectivity index (χ2v) is 6.04. The van der Waals surface area contributed by atoms with Gasteiger partial charge in [-0.25, -0.2) is 8.78 Å². The number of ether oxygens (including phenoxy) is 1. The van der Waals surface area contributed by atoms with Crippen molar-refractivity contribution in [3.05, 3.63) is 29.1 Å². The van der Waals surface area contributed by atoms with E-state index in [2.05, 4.69) is 0 Å². The molecule has 1 aromatic rings. The minimum Gasteiger partial charge on any atom is -0.493 e. The van der Waals surface area contributed by atoms with Crippen molar-refractivity contribution in [2.45, 2.75) is 38.4 Å². The van der Waals surface area contributed by atoms with Crippen molar-refractivity contribution in [3.63, 3.8) is 0 Å². The minimum absolute atomic E-state index is 0.103. The average Bonchev–Trinajstić information content (AvgIpc) is 2.90. The number of alkyl halides is 1. The number of carboxylic acid groups (broad SMARTS) is 1. The maximum Gasteiger partial charge on any atom is 0.325 e. The Morgan fingerprint density at radius 2 is 1.95 bits per heavy atom. The highest BCUT2D eigenvalue weighted by molar-refractivity contribution is 5.77. The van der Waals surface area contributed by atoms with E-state index in [1.165, 1.54) is 27.0 Å². The zero-order chi connectivity index (χ0) is 16.5. The molecule has 1 aliphatic rings. The molecule has 0 aromatic heterocycles. The third kappa shape index (κ3) is 3.21. The van der Waals surface area contributed by atoms with Gasteiger partial charge in [0.1, 0.15) is 11.7 Å². The first kappa shape index (κ1) is 16.7. The summed E-state index contributed by atoms with van der Waals surface area (Å²) in [6.07, 6.45) is 1.78. The Hall–Kier alpha value is -1.69. The zero-order valence-corrected chi connectivity index (χ0v) is 13.0. The van der Waals surface area contributed by atoms with Crippen LogP contribution >= 0.6 is 0 Å². The van der Waals surface area contributed by atoms with Gasteiger partial charge in [0.25, 0.3) is 0 Å². The minimum atomic E-state index is -1.77. The maximum absolute atomic E-state index is 14.2. The lowest BCUT2D eigenvalue weighted by Crippen LogP contribution is -2.32. The molecule has 1 unspecified atom stereocenters. The summed E-state index contributed by atoms with van der Waals surface area (Å²) < 4.78 is 33.5. The van der Waals surface area contributed by atoms with Crippen molar-refractivity contribution in [1.29, 1.82) is 0 Å². The number of hydrogen-bond acceptors (Lipinski definition) is 3. The van der Waals surface area contributed by atoms with Crippen LogP contribution < -0.4 is 4.74 Å². The van der Waals surface area contributed by atoms with Crippen LogP contribution in [-0.2, 0) is 10.5 Å². The number of rotatable bonds is 5. The Labute approximate surface area is 128 Å². The number of benzene rings is 1. The summed E-state index contributed by atoms with van der Waals surface area (Å²) in [7, 11) is 1.28. The van der Waals surface area contributed by atoms with Crippen molar-refractivity contribution in [2.75, 3.05) is 20.2 Å². The predicted molar refractivity (Wildman–Crippen MR) is 78.3 cm³/mol. The second kappa shape index (κ2) is 6.20. The van der Waals surface area contributed by atoms with Crippen molar-refractivity contribution in [1.82, 2.24) is 4.90 Å². The molecule has 0 bridgehead atoms. The number of nitrogens with zero attached hydrogens (tertiary/aromatic N) is 1. The van der Waals surface area contributed by atoms with Crippen LogP contribution in [0.25, 0.3) is 0 Å². The summed E-state index contributed by atoms with van der Waals surface area (Å²) in [6, 6.07) is 1.43. The lowest BCUT2D eigenvalue weighted by molar-refractivity contribution is -0.143. The van der Waals surface area contributed by atoms with Crippen LogP contribution in [-0.4, -0.2) is 36.2 Å². The highest BCUT2D eigenvalue weighted by Crippen LogP contribution is 2.38. The van der Waals surface area contributed by atoms with E-state index in [1.807, 2.05) is 0 Å². The summed E-state index contributed by atoms with van der Waals surface area (Å²) in [6.45, 7) is 3.85. The Morgan fingerprint density at radius 3 is 2.41 bits per heavy atom. The van der Waals surface area contributed by atoms with E-state index in [0.29, 0.717) is 13.1 Å². The van der Waals surface area contributed by atoms with Gasteiger partial charge in [0.05, 0.1) is 7.11 Å². The summed E-state index contributed by atoms with van der Waals surface area (Å²) in [5, 5.41) is 9.58. The standard InChI is InChI=1S/C16H21F2NO3/c1-16(2,18)10-8-11(14(22-3)12(17)9-10)13(15(20)21)19-6-4-5-7-19/h8-9,13H,4-7H2,1-3H3,(H,20,21). The molecule has 6 heteroatoms. The molecule has 1 N–H and O–H groups in total. The zero-order valence-electron chi connectivity index (χ0n) is 13.0. The molecule has 1 aliphatic heterocycles. The fraction of sp³-hybridized carbons (Fsp3) is 0.562. The third-order valence-corrected chi connectivity index (χ3v) is 4.00. The van der Waals surface area contributed by atoms with E-state index in [9.17, 15) is 18.7 Å². The summed E-state index contributed by atoms with van der Waals surface area (Å²) in [5.41, 5.74) is -1.50. The number of carboxylic acids is 1.